The van der Waals surface area contributed by atoms with Gasteiger partial charge in [-0.2, -0.15) is 0 Å². The molecular weight excluding hydrogens is 462 g/mol. The summed E-state index contributed by atoms with van der Waals surface area (Å²) < 4.78 is 5.43. The van der Waals surface area contributed by atoms with Gasteiger partial charge in [-0.15, -0.1) is 0 Å². The number of hydrogen-bond acceptors (Lipinski definition) is 7. The number of carbonyl (C=O) groups is 2. The van der Waals surface area contributed by atoms with Gasteiger partial charge in [0.25, 0.3) is 5.56 Å². The third kappa shape index (κ3) is 6.36. The van der Waals surface area contributed by atoms with E-state index in [9.17, 15) is 14.4 Å². The number of H-pyrrole nitrogens is 1. The van der Waals surface area contributed by atoms with Crippen LogP contribution in [0.5, 0.6) is 0 Å². The Balaban J connectivity index is 1.27. The zero-order valence-electron chi connectivity index (χ0n) is 21.6. The summed E-state index contributed by atoms with van der Waals surface area (Å²) >= 11 is 0. The Morgan fingerprint density at radius 3 is 2.33 bits per heavy atom. The number of nitrogens with zero attached hydrogens (tertiary/aromatic N) is 3. The number of anilines is 1. The lowest BCUT2D eigenvalue weighted by Gasteiger charge is -2.40. The molecule has 0 aromatic carbocycles. The molecule has 198 valence electrons. The van der Waals surface area contributed by atoms with Gasteiger partial charge in [0.15, 0.2) is 0 Å². The second-order valence-electron chi connectivity index (χ2n) is 11.1. The lowest BCUT2D eigenvalue weighted by molar-refractivity contribution is 0.0199. The number of aromatic nitrogens is 2. The third-order valence-corrected chi connectivity index (χ3v) is 7.09. The van der Waals surface area contributed by atoms with E-state index in [4.69, 9.17) is 10.1 Å². The highest BCUT2D eigenvalue weighted by Gasteiger charge is 2.36. The number of amides is 3. The normalized spacial score (nSPS) is 20.0. The second-order valence-corrected chi connectivity index (χ2v) is 11.1. The van der Waals surface area contributed by atoms with Crippen molar-refractivity contribution in [2.75, 3.05) is 31.5 Å². The van der Waals surface area contributed by atoms with E-state index in [1.165, 1.54) is 6.42 Å². The van der Waals surface area contributed by atoms with Crippen LogP contribution >= 0.6 is 0 Å². The van der Waals surface area contributed by atoms with E-state index >= 15 is 0 Å². The first-order valence-corrected chi connectivity index (χ1v) is 13.1. The zero-order valence-corrected chi connectivity index (χ0v) is 21.6. The highest BCUT2D eigenvalue weighted by Crippen LogP contribution is 2.27. The maximum Gasteiger partial charge on any atom is 0.410 e. The monoisotopic (exact) mass is 501 g/mol. The Morgan fingerprint density at radius 1 is 1.06 bits per heavy atom. The van der Waals surface area contributed by atoms with E-state index in [-0.39, 0.29) is 41.2 Å². The zero-order chi connectivity index (χ0) is 25.9. The average Bonchev–Trinajstić information content (AvgIpc) is 2.78. The molecule has 1 saturated carbocycles. The van der Waals surface area contributed by atoms with Gasteiger partial charge in [0.1, 0.15) is 17.2 Å². The van der Waals surface area contributed by atoms with Gasteiger partial charge in [-0.05, 0) is 46.5 Å². The minimum absolute atomic E-state index is 0.00587. The minimum Gasteiger partial charge on any atom is -0.444 e. The number of piperidine rings is 1. The molecule has 0 bridgehead atoms. The Kier molecular flexibility index (Phi) is 7.85. The summed E-state index contributed by atoms with van der Waals surface area (Å²) in [6, 6.07) is 0.136. The molecule has 0 atom stereocenters. The van der Waals surface area contributed by atoms with Gasteiger partial charge < -0.3 is 35.6 Å². The predicted molar refractivity (Wildman–Crippen MR) is 137 cm³/mol. The molecule has 3 amide bonds. The fraction of sp³-hybridized carbons (Fsp3) is 0.720. The van der Waals surface area contributed by atoms with Gasteiger partial charge in [-0.25, -0.2) is 14.6 Å². The van der Waals surface area contributed by atoms with Gasteiger partial charge in [-0.3, -0.25) is 4.79 Å². The van der Waals surface area contributed by atoms with Crippen molar-refractivity contribution in [3.8, 4) is 0 Å². The number of ether oxygens (including phenoxy) is 1. The van der Waals surface area contributed by atoms with Gasteiger partial charge in [0.05, 0.1) is 11.5 Å². The summed E-state index contributed by atoms with van der Waals surface area (Å²) in [7, 11) is 0. The van der Waals surface area contributed by atoms with E-state index < -0.39 is 5.60 Å². The summed E-state index contributed by atoms with van der Waals surface area (Å²) in [6.07, 6.45) is 7.70. The molecule has 11 heteroatoms. The fourth-order valence-corrected chi connectivity index (χ4v) is 4.99. The molecule has 4 rings (SSSR count). The molecule has 3 heterocycles. The first-order valence-electron chi connectivity index (χ1n) is 13.1. The average molecular weight is 502 g/mol. The van der Waals surface area contributed by atoms with Crippen molar-refractivity contribution in [3.63, 3.8) is 0 Å². The lowest BCUT2D eigenvalue weighted by Crippen LogP contribution is -2.56. The van der Waals surface area contributed by atoms with E-state index in [1.807, 2.05) is 20.8 Å². The molecule has 1 aromatic rings. The van der Waals surface area contributed by atoms with Crippen molar-refractivity contribution in [2.24, 2.45) is 0 Å². The van der Waals surface area contributed by atoms with Crippen LogP contribution in [0.4, 0.5) is 15.4 Å². The van der Waals surface area contributed by atoms with Gasteiger partial charge in [0.2, 0.25) is 0 Å². The van der Waals surface area contributed by atoms with Crippen molar-refractivity contribution in [2.45, 2.75) is 89.3 Å². The quantitative estimate of drug-likeness (QED) is 0.457. The Hall–Kier alpha value is -3.11. The number of aromatic amines is 1. The molecule has 0 unspecified atom stereocenters. The summed E-state index contributed by atoms with van der Waals surface area (Å²) in [5.74, 6) is 0.970. The second kappa shape index (κ2) is 10.9. The maximum atomic E-state index is 12.7. The molecule has 4 N–H and O–H groups in total. The van der Waals surface area contributed by atoms with Crippen molar-refractivity contribution in [3.05, 3.63) is 21.7 Å². The molecule has 36 heavy (non-hydrogen) atoms. The maximum absolute atomic E-state index is 12.7. The Labute approximate surface area is 211 Å². The Morgan fingerprint density at radius 2 is 1.72 bits per heavy atom. The summed E-state index contributed by atoms with van der Waals surface area (Å²) in [6.45, 7) is 7.57. The third-order valence-electron chi connectivity index (χ3n) is 7.09. The first-order chi connectivity index (χ1) is 17.1. The first kappa shape index (κ1) is 26.0. The van der Waals surface area contributed by atoms with Crippen LogP contribution in [-0.4, -0.2) is 82.0 Å². The van der Waals surface area contributed by atoms with Crippen molar-refractivity contribution in [1.29, 1.82) is 5.41 Å². The van der Waals surface area contributed by atoms with E-state index in [2.05, 4.69) is 20.6 Å². The highest BCUT2D eigenvalue weighted by molar-refractivity contribution is 5.83. The van der Waals surface area contributed by atoms with E-state index in [0.29, 0.717) is 50.7 Å². The highest BCUT2D eigenvalue weighted by atomic mass is 16.6. The van der Waals surface area contributed by atoms with Crippen molar-refractivity contribution >= 4 is 24.2 Å². The summed E-state index contributed by atoms with van der Waals surface area (Å²) in [5.41, 5.74) is -0.606. The van der Waals surface area contributed by atoms with Crippen LogP contribution in [-0.2, 0) is 4.74 Å². The van der Waals surface area contributed by atoms with Crippen LogP contribution in [0.1, 0.15) is 83.0 Å². The topological polar surface area (TPSA) is 144 Å². The molecule has 1 aliphatic carbocycles. The molecule has 3 fully saturated rings. The molecule has 3 aliphatic rings. The number of carbonyl (C=O) groups excluding carboxylic acids is 2. The molecule has 0 radical (unpaired) electrons. The summed E-state index contributed by atoms with van der Waals surface area (Å²) in [5, 5.41) is 14.1. The number of hydrogen-bond donors (Lipinski definition) is 4. The summed E-state index contributed by atoms with van der Waals surface area (Å²) in [4.78, 5) is 48.4. The number of rotatable bonds is 5. The van der Waals surface area contributed by atoms with Crippen LogP contribution in [0.3, 0.4) is 0 Å². The number of likely N-dealkylation sites (tertiary alicyclic amines) is 2. The molecule has 1 aromatic heterocycles. The number of nitrogens with one attached hydrogen (secondary N) is 4. The molecule has 2 aliphatic heterocycles. The lowest BCUT2D eigenvalue weighted by atomic mass is 9.95. The molecule has 0 spiro atoms. The molecule has 2 saturated heterocycles. The molecule has 11 nitrogen and oxygen atoms in total. The van der Waals surface area contributed by atoms with Crippen LogP contribution in [0.15, 0.2) is 4.79 Å². The minimum atomic E-state index is -0.526. The Bertz CT molecular complexity index is 1010. The van der Waals surface area contributed by atoms with Gasteiger partial charge >= 0.3 is 12.1 Å². The number of urea groups is 1. The van der Waals surface area contributed by atoms with Crippen LogP contribution in [0.2, 0.25) is 0 Å². The smallest absolute Gasteiger partial charge is 0.410 e. The van der Waals surface area contributed by atoms with Crippen LogP contribution in [0.25, 0.3) is 0 Å². The predicted octanol–water partition coefficient (Wildman–Crippen LogP) is 3.02. The fourth-order valence-electron chi connectivity index (χ4n) is 4.99. The van der Waals surface area contributed by atoms with Gasteiger partial charge in [-0.1, -0.05) is 19.3 Å². The van der Waals surface area contributed by atoms with Crippen LogP contribution < -0.4 is 16.2 Å². The largest absolute Gasteiger partial charge is 0.444 e. The SMILES string of the molecule is CC(C)(C)OC(=O)N1CCC(NC(=O)N2CC(c3nc(NC4CCCCC4)c(C=N)c(=O)[nH]3)C2)CC1. The molecular formula is C25H39N7O4. The van der Waals surface area contributed by atoms with E-state index in [0.717, 1.165) is 31.9 Å². The van der Waals surface area contributed by atoms with E-state index in [1.54, 1.807) is 9.80 Å². The van der Waals surface area contributed by atoms with Gasteiger partial charge in [0, 0.05) is 44.5 Å². The van der Waals surface area contributed by atoms with Crippen molar-refractivity contribution in [1.82, 2.24) is 25.1 Å². The van der Waals surface area contributed by atoms with Crippen molar-refractivity contribution < 1.29 is 14.3 Å². The van der Waals surface area contributed by atoms with Crippen LogP contribution in [0, 0.1) is 5.41 Å². The standard InChI is InChI=1S/C25H39N7O4/c1-25(2,3)36-24(35)31-11-9-18(10-12-31)28-23(34)32-14-16(15-32)20-29-21(19(13-26)22(33)30-20)27-17-7-5-4-6-8-17/h13,16-18,26H,4-12,14-15H2,1-3H3,(H,28,34)(H2,27,29,30,33).